The highest BCUT2D eigenvalue weighted by atomic mass is 16.5. The number of ether oxygens (including phenoxy) is 1. The molecule has 0 unspecified atom stereocenters. The van der Waals surface area contributed by atoms with Crippen LogP contribution in [0.5, 0.6) is 11.5 Å². The molecule has 5 heteroatoms. The van der Waals surface area contributed by atoms with Gasteiger partial charge in [-0.15, -0.1) is 0 Å². The van der Waals surface area contributed by atoms with Crippen molar-refractivity contribution < 1.29 is 4.74 Å². The number of para-hydroxylation sites is 1. The molecule has 0 bridgehead atoms. The Balaban J connectivity index is 1.12. The molecule has 330 valence electrons. The number of rotatable bonds is 7. The van der Waals surface area contributed by atoms with E-state index < -0.39 is 0 Å². The maximum absolute atomic E-state index is 6.97. The third-order valence-electron chi connectivity index (χ3n) is 12.9. The van der Waals surface area contributed by atoms with Gasteiger partial charge in [0.05, 0.1) is 17.7 Å². The Morgan fingerprint density at radius 2 is 1.08 bits per heavy atom. The van der Waals surface area contributed by atoms with Crippen LogP contribution in [0.15, 0.2) is 158 Å². The average molecular weight is 857 g/mol. The van der Waals surface area contributed by atoms with Crippen LogP contribution < -0.4 is 14.5 Å². The van der Waals surface area contributed by atoms with Crippen molar-refractivity contribution in [2.45, 2.75) is 105 Å². The predicted molar refractivity (Wildman–Crippen MR) is 276 cm³/mol. The Bertz CT molecular complexity index is 3060. The van der Waals surface area contributed by atoms with Gasteiger partial charge in [0, 0.05) is 52.9 Å². The van der Waals surface area contributed by atoms with Crippen molar-refractivity contribution in [1.29, 1.82) is 0 Å². The predicted octanol–water partition coefficient (Wildman–Crippen LogP) is 16.3. The van der Waals surface area contributed by atoms with E-state index in [1.165, 1.54) is 49.8 Å². The van der Waals surface area contributed by atoms with E-state index in [9.17, 15) is 0 Å². The number of hydrogen-bond donors (Lipinski definition) is 0. The molecule has 0 atom stereocenters. The number of pyridine rings is 1. The van der Waals surface area contributed by atoms with Gasteiger partial charge in [0.1, 0.15) is 17.3 Å². The molecule has 1 aliphatic heterocycles. The molecule has 0 spiro atoms. The molecule has 0 amide bonds. The van der Waals surface area contributed by atoms with Crippen molar-refractivity contribution in [3.63, 3.8) is 0 Å². The lowest BCUT2D eigenvalue weighted by Gasteiger charge is -2.26. The highest BCUT2D eigenvalue weighted by Gasteiger charge is 2.26. The first-order valence-corrected chi connectivity index (χ1v) is 23.1. The largest absolute Gasteiger partial charge is 0.457 e. The van der Waals surface area contributed by atoms with Crippen molar-refractivity contribution in [1.82, 2.24) is 9.55 Å². The molecule has 0 radical (unpaired) electrons. The minimum absolute atomic E-state index is 0.00473. The summed E-state index contributed by atoms with van der Waals surface area (Å²) in [5.41, 5.74) is 14.2. The fraction of sp³-hybridized carbons (Fsp3) is 0.283. The zero-order chi connectivity index (χ0) is 46.1. The number of hydrogen-bond acceptors (Lipinski definition) is 4. The van der Waals surface area contributed by atoms with E-state index in [0.717, 1.165) is 45.2 Å². The van der Waals surface area contributed by atoms with Gasteiger partial charge in [-0.25, -0.2) is 4.98 Å². The van der Waals surface area contributed by atoms with Gasteiger partial charge in [0.15, 0.2) is 0 Å². The molecule has 0 aliphatic carbocycles. The lowest BCUT2D eigenvalue weighted by molar-refractivity contribution is 0.479. The maximum Gasteiger partial charge on any atom is 0.138 e. The fourth-order valence-corrected chi connectivity index (χ4v) is 8.96. The zero-order valence-electron chi connectivity index (χ0n) is 40.4. The van der Waals surface area contributed by atoms with Crippen molar-refractivity contribution >= 4 is 33.2 Å². The third kappa shape index (κ3) is 8.81. The van der Waals surface area contributed by atoms with Gasteiger partial charge in [-0.3, -0.25) is 4.57 Å². The van der Waals surface area contributed by atoms with Crippen LogP contribution in [-0.2, 0) is 21.7 Å². The summed E-state index contributed by atoms with van der Waals surface area (Å²) in [6.45, 7) is 28.2. The standard InChI is InChI=1S/C60H64N4O/c1-57(2,3)44-30-43(31-45(34-44)58(4,5)6)42-26-27-61-55(33-42)64-54-38-49(24-25-51(54)52-22-17-23-53(56(52)64)60(10,11)12)65-50-36-46(59(7,8)9)35-48(37-50)63-29-28-62(39-63)47-21-16-20-41(32-47)40-18-14-13-15-19-40/h13-38H,39H2,1-12H3. The summed E-state index contributed by atoms with van der Waals surface area (Å²) in [5, 5.41) is 2.37. The van der Waals surface area contributed by atoms with Crippen molar-refractivity contribution in [3.05, 3.63) is 180 Å². The number of aromatic nitrogens is 2. The van der Waals surface area contributed by atoms with E-state index in [-0.39, 0.29) is 21.7 Å². The number of nitrogens with zero attached hydrogens (tertiary/aromatic N) is 4. The van der Waals surface area contributed by atoms with E-state index in [4.69, 9.17) is 9.72 Å². The molecule has 0 N–H and O–H groups in total. The van der Waals surface area contributed by atoms with E-state index >= 15 is 0 Å². The van der Waals surface area contributed by atoms with Crippen LogP contribution in [0, 0.1) is 0 Å². The molecule has 0 fully saturated rings. The summed E-state index contributed by atoms with van der Waals surface area (Å²) in [4.78, 5) is 9.73. The Morgan fingerprint density at radius 3 is 1.75 bits per heavy atom. The highest BCUT2D eigenvalue weighted by molar-refractivity contribution is 6.11. The molecule has 2 aromatic heterocycles. The van der Waals surface area contributed by atoms with Gasteiger partial charge in [-0.1, -0.05) is 162 Å². The molecule has 1 aliphatic rings. The minimum atomic E-state index is -0.112. The topological polar surface area (TPSA) is 33.5 Å². The summed E-state index contributed by atoms with van der Waals surface area (Å²) in [6, 6.07) is 50.8. The average Bonchev–Trinajstić information content (AvgIpc) is 3.89. The first-order valence-electron chi connectivity index (χ1n) is 23.1. The molecule has 8 aromatic rings. The van der Waals surface area contributed by atoms with Crippen LogP contribution in [0.1, 0.15) is 105 Å². The Hall–Kier alpha value is -6.59. The molecule has 65 heavy (non-hydrogen) atoms. The van der Waals surface area contributed by atoms with E-state index in [0.29, 0.717) is 6.67 Å². The minimum Gasteiger partial charge on any atom is -0.457 e. The lowest BCUT2D eigenvalue weighted by atomic mass is 9.79. The maximum atomic E-state index is 6.97. The molecule has 6 aromatic carbocycles. The van der Waals surface area contributed by atoms with Crippen LogP contribution in [0.3, 0.4) is 0 Å². The van der Waals surface area contributed by atoms with Crippen molar-refractivity contribution in [3.8, 4) is 39.6 Å². The Morgan fingerprint density at radius 1 is 0.446 bits per heavy atom. The van der Waals surface area contributed by atoms with Gasteiger partial charge >= 0.3 is 0 Å². The number of fused-ring (bicyclic) bond motifs is 3. The van der Waals surface area contributed by atoms with Crippen molar-refractivity contribution in [2.75, 3.05) is 16.5 Å². The van der Waals surface area contributed by atoms with Crippen LogP contribution in [-0.4, -0.2) is 16.2 Å². The molecular weight excluding hydrogens is 793 g/mol. The first-order chi connectivity index (χ1) is 30.7. The van der Waals surface area contributed by atoms with Crippen LogP contribution >= 0.6 is 0 Å². The molecule has 3 heterocycles. The smallest absolute Gasteiger partial charge is 0.138 e. The summed E-state index contributed by atoms with van der Waals surface area (Å²) in [5.74, 6) is 2.46. The molecule has 5 nitrogen and oxygen atoms in total. The quantitative estimate of drug-likeness (QED) is 0.160. The van der Waals surface area contributed by atoms with Gasteiger partial charge in [-0.05, 0) is 115 Å². The summed E-state index contributed by atoms with van der Waals surface area (Å²) in [6.07, 6.45) is 6.31. The fourth-order valence-electron chi connectivity index (χ4n) is 8.96. The van der Waals surface area contributed by atoms with Gasteiger partial charge in [-0.2, -0.15) is 0 Å². The van der Waals surface area contributed by atoms with Gasteiger partial charge in [0.25, 0.3) is 0 Å². The Kier molecular flexibility index (Phi) is 10.8. The van der Waals surface area contributed by atoms with Gasteiger partial charge in [0.2, 0.25) is 0 Å². The van der Waals surface area contributed by atoms with Crippen molar-refractivity contribution in [2.24, 2.45) is 0 Å². The zero-order valence-corrected chi connectivity index (χ0v) is 40.4. The number of benzene rings is 6. The molecular formula is C60H64N4O. The summed E-state index contributed by atoms with van der Waals surface area (Å²) in [7, 11) is 0. The first kappa shape index (κ1) is 43.7. The van der Waals surface area contributed by atoms with E-state index in [1.54, 1.807) is 0 Å². The third-order valence-corrected chi connectivity index (χ3v) is 12.9. The summed E-state index contributed by atoms with van der Waals surface area (Å²) >= 11 is 0. The highest BCUT2D eigenvalue weighted by Crippen LogP contribution is 2.42. The van der Waals surface area contributed by atoms with Crippen LogP contribution in [0.4, 0.5) is 11.4 Å². The molecule has 9 rings (SSSR count). The van der Waals surface area contributed by atoms with E-state index in [1.807, 2.05) is 6.20 Å². The second-order valence-electron chi connectivity index (χ2n) is 22.0. The second kappa shape index (κ2) is 16.1. The van der Waals surface area contributed by atoms with E-state index in [2.05, 4.69) is 249 Å². The molecule has 0 saturated carbocycles. The summed E-state index contributed by atoms with van der Waals surface area (Å²) < 4.78 is 9.34. The monoisotopic (exact) mass is 857 g/mol. The normalized spacial score (nSPS) is 13.7. The van der Waals surface area contributed by atoms with Gasteiger partial charge < -0.3 is 14.5 Å². The number of anilines is 2. The lowest BCUT2D eigenvalue weighted by Crippen LogP contribution is -2.25. The van der Waals surface area contributed by atoms with Crippen LogP contribution in [0.2, 0.25) is 0 Å². The Labute approximate surface area is 387 Å². The molecule has 0 saturated heterocycles. The SMILES string of the molecule is CC(C)(C)c1cc(Oc2ccc3c4cccc(C(C)(C)C)c4n(-c4cc(-c5cc(C(C)(C)C)cc(C(C)(C)C)c5)ccn4)c3c2)cc(N2C=CN(c3cccc(-c4ccccc4)c3)C2)c1. The second-order valence-corrected chi connectivity index (χ2v) is 22.0. The van der Waals surface area contributed by atoms with Crippen LogP contribution in [0.25, 0.3) is 49.9 Å².